The molecule has 0 aliphatic rings. The predicted molar refractivity (Wildman–Crippen MR) is 84.9 cm³/mol. The van der Waals surface area contributed by atoms with E-state index in [0.29, 0.717) is 0 Å². The summed E-state index contributed by atoms with van der Waals surface area (Å²) in [5.41, 5.74) is 2.57. The minimum atomic E-state index is 0.799. The van der Waals surface area contributed by atoms with E-state index in [-0.39, 0.29) is 0 Å². The summed E-state index contributed by atoms with van der Waals surface area (Å²) in [6.45, 7) is 11.0. The summed E-state index contributed by atoms with van der Waals surface area (Å²) in [6.07, 6.45) is 3.70. The molecule has 0 radical (unpaired) electrons. The molecule has 0 amide bonds. The van der Waals surface area contributed by atoms with Crippen LogP contribution in [0.1, 0.15) is 36.5 Å². The molecule has 0 aromatic carbocycles. The van der Waals surface area contributed by atoms with E-state index in [0.717, 1.165) is 44.2 Å². The van der Waals surface area contributed by atoms with Gasteiger partial charge in [-0.1, -0.05) is 13.8 Å². The van der Waals surface area contributed by atoms with E-state index >= 15 is 0 Å². The van der Waals surface area contributed by atoms with Crippen LogP contribution in [0.25, 0.3) is 0 Å². The van der Waals surface area contributed by atoms with Crippen LogP contribution in [0.4, 0.5) is 0 Å². The number of hydrogen-bond donors (Lipinski definition) is 1. The van der Waals surface area contributed by atoms with Gasteiger partial charge in [0.25, 0.3) is 0 Å². The van der Waals surface area contributed by atoms with Crippen molar-refractivity contribution in [2.75, 3.05) is 13.1 Å². The van der Waals surface area contributed by atoms with Crippen molar-refractivity contribution < 1.29 is 4.42 Å². The van der Waals surface area contributed by atoms with E-state index in [9.17, 15) is 0 Å². The largest absolute Gasteiger partial charge is 0.465 e. The lowest BCUT2D eigenvalue weighted by molar-refractivity contribution is 0.269. The summed E-state index contributed by atoms with van der Waals surface area (Å²) >= 11 is 0. The second-order valence-corrected chi connectivity index (χ2v) is 5.23. The van der Waals surface area contributed by atoms with E-state index in [1.807, 2.05) is 19.3 Å². The lowest BCUT2D eigenvalue weighted by Gasteiger charge is -2.20. The Morgan fingerprint density at radius 1 is 1.19 bits per heavy atom. The molecule has 4 heteroatoms. The Morgan fingerprint density at radius 3 is 2.62 bits per heavy atom. The van der Waals surface area contributed by atoms with Gasteiger partial charge in [-0.2, -0.15) is 0 Å². The lowest BCUT2D eigenvalue weighted by Crippen LogP contribution is -2.22. The summed E-state index contributed by atoms with van der Waals surface area (Å²) in [5, 5.41) is 3.30. The molecule has 114 valence electrons. The summed E-state index contributed by atoms with van der Waals surface area (Å²) < 4.78 is 5.81. The summed E-state index contributed by atoms with van der Waals surface area (Å²) in [7, 11) is 0. The number of aromatic nitrogens is 1. The van der Waals surface area contributed by atoms with Gasteiger partial charge in [-0.15, -0.1) is 0 Å². The zero-order valence-corrected chi connectivity index (χ0v) is 13.2. The van der Waals surface area contributed by atoms with Crippen molar-refractivity contribution in [1.29, 1.82) is 0 Å². The molecular weight excluding hydrogens is 262 g/mol. The third kappa shape index (κ3) is 4.69. The molecule has 0 saturated carbocycles. The molecule has 0 fully saturated rings. The number of aryl methyl sites for hydroxylation is 1. The molecular formula is C17H25N3O. The van der Waals surface area contributed by atoms with Crippen LogP contribution in [0.2, 0.25) is 0 Å². The Labute approximate surface area is 127 Å². The second kappa shape index (κ2) is 7.96. The van der Waals surface area contributed by atoms with Gasteiger partial charge in [0.1, 0.15) is 11.5 Å². The maximum absolute atomic E-state index is 5.81. The van der Waals surface area contributed by atoms with Gasteiger partial charge in [-0.3, -0.25) is 9.88 Å². The van der Waals surface area contributed by atoms with Crippen LogP contribution in [0.15, 0.2) is 35.0 Å². The number of hydrogen-bond acceptors (Lipinski definition) is 4. The molecule has 2 rings (SSSR count). The van der Waals surface area contributed by atoms with Gasteiger partial charge in [0, 0.05) is 31.0 Å². The Bertz CT molecular complexity index is 536. The van der Waals surface area contributed by atoms with Crippen molar-refractivity contribution >= 4 is 0 Å². The zero-order chi connectivity index (χ0) is 15.1. The highest BCUT2D eigenvalue weighted by Crippen LogP contribution is 2.18. The van der Waals surface area contributed by atoms with E-state index in [2.05, 4.69) is 47.2 Å². The molecule has 1 N–H and O–H groups in total. The van der Waals surface area contributed by atoms with Crippen LogP contribution in [0, 0.1) is 6.92 Å². The number of furan rings is 1. The van der Waals surface area contributed by atoms with Crippen LogP contribution in [0.5, 0.6) is 0 Å². The van der Waals surface area contributed by atoms with Crippen molar-refractivity contribution in [2.24, 2.45) is 0 Å². The van der Waals surface area contributed by atoms with Crippen molar-refractivity contribution in [3.8, 4) is 0 Å². The van der Waals surface area contributed by atoms with Gasteiger partial charge in [-0.25, -0.2) is 0 Å². The highest BCUT2D eigenvalue weighted by atomic mass is 16.3. The molecule has 0 bridgehead atoms. The monoisotopic (exact) mass is 287 g/mol. The van der Waals surface area contributed by atoms with Gasteiger partial charge in [0.2, 0.25) is 0 Å². The van der Waals surface area contributed by atoms with Gasteiger partial charge >= 0.3 is 0 Å². The molecule has 0 spiro atoms. The first-order valence-corrected chi connectivity index (χ1v) is 7.63. The van der Waals surface area contributed by atoms with Crippen molar-refractivity contribution in [3.63, 3.8) is 0 Å². The van der Waals surface area contributed by atoms with E-state index in [4.69, 9.17) is 4.42 Å². The molecule has 2 aromatic rings. The smallest absolute Gasteiger partial charge is 0.118 e. The first kappa shape index (κ1) is 15.7. The van der Waals surface area contributed by atoms with Crippen LogP contribution in [-0.2, 0) is 19.6 Å². The van der Waals surface area contributed by atoms with Crippen LogP contribution in [0.3, 0.4) is 0 Å². The quantitative estimate of drug-likeness (QED) is 0.810. The Hall–Kier alpha value is -1.65. The third-order valence-corrected chi connectivity index (χ3v) is 3.62. The summed E-state index contributed by atoms with van der Waals surface area (Å²) in [5.74, 6) is 2.04. The SMILES string of the molecule is CCNCc1cc(CN(CC)Cc2ccncc2)c(C)o1. The summed E-state index contributed by atoms with van der Waals surface area (Å²) in [4.78, 5) is 6.47. The molecule has 2 heterocycles. The molecule has 0 aliphatic heterocycles. The topological polar surface area (TPSA) is 41.3 Å². The predicted octanol–water partition coefficient (Wildman–Crippen LogP) is 3.11. The first-order valence-electron chi connectivity index (χ1n) is 7.63. The molecule has 0 saturated heterocycles. The van der Waals surface area contributed by atoms with E-state index in [1.54, 1.807) is 0 Å². The molecule has 4 nitrogen and oxygen atoms in total. The van der Waals surface area contributed by atoms with Crippen LogP contribution >= 0.6 is 0 Å². The maximum Gasteiger partial charge on any atom is 0.118 e. The van der Waals surface area contributed by atoms with Crippen molar-refractivity contribution in [3.05, 3.63) is 53.2 Å². The minimum Gasteiger partial charge on any atom is -0.465 e. The molecule has 0 unspecified atom stereocenters. The van der Waals surface area contributed by atoms with Crippen LogP contribution in [-0.4, -0.2) is 23.0 Å². The average molecular weight is 287 g/mol. The highest BCUT2D eigenvalue weighted by Gasteiger charge is 2.11. The zero-order valence-electron chi connectivity index (χ0n) is 13.2. The minimum absolute atomic E-state index is 0.799. The van der Waals surface area contributed by atoms with Gasteiger partial charge in [-0.05, 0) is 43.8 Å². The normalized spacial score (nSPS) is 11.2. The highest BCUT2D eigenvalue weighted by molar-refractivity contribution is 5.21. The van der Waals surface area contributed by atoms with Gasteiger partial charge in [0.05, 0.1) is 6.54 Å². The molecule has 2 aromatic heterocycles. The van der Waals surface area contributed by atoms with Crippen LogP contribution < -0.4 is 5.32 Å². The van der Waals surface area contributed by atoms with Gasteiger partial charge in [0.15, 0.2) is 0 Å². The van der Waals surface area contributed by atoms with E-state index < -0.39 is 0 Å². The maximum atomic E-state index is 5.81. The standard InChI is InChI=1S/C17H25N3O/c1-4-18-11-17-10-16(14(3)21-17)13-20(5-2)12-15-6-8-19-9-7-15/h6-10,18H,4-5,11-13H2,1-3H3. The fourth-order valence-electron chi connectivity index (χ4n) is 2.35. The average Bonchev–Trinajstić information content (AvgIpc) is 2.85. The number of nitrogens with one attached hydrogen (secondary N) is 1. The van der Waals surface area contributed by atoms with Crippen molar-refractivity contribution in [2.45, 2.75) is 40.4 Å². The second-order valence-electron chi connectivity index (χ2n) is 5.23. The lowest BCUT2D eigenvalue weighted by atomic mass is 10.2. The molecule has 0 aliphatic carbocycles. The molecule has 21 heavy (non-hydrogen) atoms. The Morgan fingerprint density at radius 2 is 1.95 bits per heavy atom. The van der Waals surface area contributed by atoms with E-state index in [1.165, 1.54) is 11.1 Å². The number of nitrogens with zero attached hydrogens (tertiary/aromatic N) is 2. The number of rotatable bonds is 8. The van der Waals surface area contributed by atoms with Gasteiger partial charge < -0.3 is 9.73 Å². The number of pyridine rings is 1. The fraction of sp³-hybridized carbons (Fsp3) is 0.471. The van der Waals surface area contributed by atoms with Crippen molar-refractivity contribution in [1.82, 2.24) is 15.2 Å². The third-order valence-electron chi connectivity index (χ3n) is 3.62. The first-order chi connectivity index (χ1) is 10.2. The Kier molecular flexibility index (Phi) is 5.96. The summed E-state index contributed by atoms with van der Waals surface area (Å²) in [6, 6.07) is 6.32. The fourth-order valence-corrected chi connectivity index (χ4v) is 2.35. The Balaban J connectivity index is 1.99. The molecule has 0 atom stereocenters.